The van der Waals surface area contributed by atoms with Crippen LogP contribution in [-0.4, -0.2) is 24.3 Å². The Balaban J connectivity index is 0. The molecule has 0 aliphatic carbocycles. The smallest absolute Gasteiger partial charge is 0.144 e. The molecule has 0 fully saturated rings. The number of carboxylic acid groups (broad SMARTS) is 1. The third-order valence-electron chi connectivity index (χ3n) is 1.31. The van der Waals surface area contributed by atoms with E-state index in [9.17, 15) is 9.90 Å². The van der Waals surface area contributed by atoms with Crippen LogP contribution in [0, 0.1) is 0 Å². The van der Waals surface area contributed by atoms with Gasteiger partial charge in [0.15, 0.2) is 0 Å². The molecule has 0 rings (SSSR count). The molecule has 0 radical (unpaired) electrons. The lowest BCUT2D eigenvalue weighted by Gasteiger charge is -2.04. The number of hydrogen-bond donors (Lipinski definition) is 3. The Morgan fingerprint density at radius 1 is 1.36 bits per heavy atom. The lowest BCUT2D eigenvalue weighted by Crippen LogP contribution is -2.31. The van der Waals surface area contributed by atoms with Gasteiger partial charge in [0.05, 0.1) is 0 Å². The van der Waals surface area contributed by atoms with E-state index in [-0.39, 0.29) is 0 Å². The van der Waals surface area contributed by atoms with E-state index in [1.165, 1.54) is 18.4 Å². The topological polar surface area (TPSA) is 77.8 Å². The summed E-state index contributed by atoms with van der Waals surface area (Å²) in [5.41, 5.74) is 0. The number of hydrogen-bond acceptors (Lipinski definition) is 4. The molecule has 0 aromatic rings. The van der Waals surface area contributed by atoms with E-state index < -0.39 is 6.09 Å². The van der Waals surface area contributed by atoms with Crippen LogP contribution in [0.3, 0.4) is 0 Å². The molecule has 0 spiro atoms. The van der Waals surface area contributed by atoms with Crippen LogP contribution in [0.1, 0.15) is 25.7 Å². The quantitative estimate of drug-likeness (QED) is 0.242. The van der Waals surface area contributed by atoms with Crippen molar-refractivity contribution in [3.8, 4) is 0 Å². The summed E-state index contributed by atoms with van der Waals surface area (Å²) in [7, 11) is 0. The van der Waals surface area contributed by atoms with Crippen molar-refractivity contribution in [2.45, 2.75) is 25.7 Å². The minimum absolute atomic E-state index is 0.820. The van der Waals surface area contributed by atoms with Gasteiger partial charge in [0.25, 0.3) is 0 Å². The van der Waals surface area contributed by atoms with Crippen molar-refractivity contribution in [2.24, 2.45) is 0 Å². The number of unbranched alkanes of at least 4 members (excludes halogenated alkanes) is 3. The van der Waals surface area contributed by atoms with Gasteiger partial charge in [-0.25, -0.2) is 0 Å². The van der Waals surface area contributed by atoms with Crippen LogP contribution in [0.2, 0.25) is 0 Å². The Hall–Kier alpha value is -0.360. The summed E-state index contributed by atoms with van der Waals surface area (Å²) < 4.78 is 2.14. The van der Waals surface area contributed by atoms with Gasteiger partial charge in [0, 0.05) is 5.75 Å². The fraction of sp³-hybridized carbons (Fsp3) is 0.750. The number of carbonyl (C=O) groups excluding carboxylic acids is 1. The lowest BCUT2D eigenvalue weighted by atomic mass is 10.2. The van der Waals surface area contributed by atoms with Gasteiger partial charge >= 0.3 is 0 Å². The number of amides is 1. The number of rotatable bonds is 7. The van der Waals surface area contributed by atoms with Crippen molar-refractivity contribution in [3.63, 3.8) is 0 Å². The van der Waals surface area contributed by atoms with Gasteiger partial charge in [-0.15, -0.1) is 0 Å². The van der Waals surface area contributed by atoms with Gasteiger partial charge < -0.3 is 14.6 Å². The number of nitrogens with two attached hydrogens (primary N) is 1. The molecule has 0 aromatic carbocycles. The molecule has 84 valence electrons. The van der Waals surface area contributed by atoms with Crippen molar-refractivity contribution in [2.75, 3.05) is 11.5 Å². The number of thiol groups is 1. The fourth-order valence-corrected chi connectivity index (χ4v) is 1.54. The van der Waals surface area contributed by atoms with Crippen molar-refractivity contribution in [3.05, 3.63) is 0 Å². The van der Waals surface area contributed by atoms with E-state index in [4.69, 9.17) is 0 Å². The van der Waals surface area contributed by atoms with E-state index in [1.807, 2.05) is 0 Å². The first kappa shape index (κ1) is 16.1. The lowest BCUT2D eigenvalue weighted by molar-refractivity contribution is -0.247. The van der Waals surface area contributed by atoms with Gasteiger partial charge in [0.1, 0.15) is 12.8 Å². The number of carbonyl (C=O) groups is 1. The first-order valence-electron chi connectivity index (χ1n) is 4.38. The maximum absolute atomic E-state index is 9.88. The Morgan fingerprint density at radius 3 is 2.43 bits per heavy atom. The molecule has 0 aliphatic rings. The highest BCUT2D eigenvalue weighted by Gasteiger charge is 1.89. The summed E-state index contributed by atoms with van der Waals surface area (Å²) in [5, 5.41) is 14.1. The fourth-order valence-electron chi connectivity index (χ4n) is 0.750. The van der Waals surface area contributed by atoms with Crippen LogP contribution in [0.5, 0.6) is 0 Å². The highest BCUT2D eigenvalue weighted by Crippen LogP contribution is 2.04. The largest absolute Gasteiger partial charge is 0.529 e. The molecule has 4 nitrogen and oxygen atoms in total. The van der Waals surface area contributed by atoms with Crippen LogP contribution in [0.15, 0.2) is 0 Å². The Labute approximate surface area is 94.9 Å². The second-order valence-corrected chi connectivity index (χ2v) is 3.72. The van der Waals surface area contributed by atoms with E-state index in [1.54, 1.807) is 0 Å². The molecule has 0 atom stereocenters. The first-order valence-corrected chi connectivity index (χ1v) is 5.99. The van der Waals surface area contributed by atoms with Crippen molar-refractivity contribution < 1.29 is 15.3 Å². The molecule has 0 bridgehead atoms. The van der Waals surface area contributed by atoms with Gasteiger partial charge in [0.2, 0.25) is 0 Å². The molecule has 0 aliphatic heterocycles. The average molecular weight is 238 g/mol. The molecule has 14 heavy (non-hydrogen) atoms. The summed E-state index contributed by atoms with van der Waals surface area (Å²) >= 11 is 5.28. The summed E-state index contributed by atoms with van der Waals surface area (Å²) in [6.07, 6.45) is 3.29. The van der Waals surface area contributed by atoms with Crippen LogP contribution < -0.4 is 15.2 Å². The van der Waals surface area contributed by atoms with Crippen molar-refractivity contribution in [1.29, 1.82) is 0 Å². The van der Waals surface area contributed by atoms with Gasteiger partial charge in [-0.05, 0) is 18.6 Å². The van der Waals surface area contributed by atoms with Crippen molar-refractivity contribution in [1.82, 2.24) is 4.72 Å². The highest BCUT2D eigenvalue weighted by atomic mass is 32.2. The standard InChI is InChI=1S/C7H15NO2S2.CH3N/c9-7(10)8-12-6-4-2-1-3-5-11;1-2/h8,11H,1-6H2,(H,9,10);2H,1H2. The van der Waals surface area contributed by atoms with Crippen molar-refractivity contribution >= 4 is 37.4 Å². The molecular weight excluding hydrogens is 220 g/mol. The van der Waals surface area contributed by atoms with Gasteiger partial charge in [-0.1, -0.05) is 24.8 Å². The van der Waals surface area contributed by atoms with Gasteiger partial charge in [-0.2, -0.15) is 12.6 Å². The Morgan fingerprint density at radius 2 is 1.93 bits per heavy atom. The Kier molecular flexibility index (Phi) is 17.4. The average Bonchev–Trinajstić information content (AvgIpc) is 2.19. The molecule has 0 saturated heterocycles. The molecule has 6 heteroatoms. The maximum Gasteiger partial charge on any atom is 0.144 e. The zero-order chi connectivity index (χ0) is 11.2. The monoisotopic (exact) mass is 238 g/mol. The highest BCUT2D eigenvalue weighted by molar-refractivity contribution is 7.97. The minimum atomic E-state index is -1.21. The molecule has 1 amide bonds. The molecule has 0 saturated carbocycles. The second-order valence-electron chi connectivity index (χ2n) is 2.38. The summed E-state index contributed by atoms with van der Waals surface area (Å²) in [6, 6.07) is 0. The third-order valence-corrected chi connectivity index (χ3v) is 2.43. The zero-order valence-electron chi connectivity index (χ0n) is 8.20. The van der Waals surface area contributed by atoms with E-state index in [0.717, 1.165) is 30.8 Å². The molecular formula is C8H18N2O2S2. The maximum atomic E-state index is 9.88. The van der Waals surface area contributed by atoms with E-state index in [2.05, 4.69) is 29.5 Å². The number of nitrogens with one attached hydrogen (secondary N) is 1. The van der Waals surface area contributed by atoms with Crippen LogP contribution in [0.25, 0.3) is 0 Å². The predicted octanol–water partition coefficient (Wildman–Crippen LogP) is -0.496. The predicted molar refractivity (Wildman–Crippen MR) is 62.4 cm³/mol. The normalized spacial score (nSPS) is 8.64. The third kappa shape index (κ3) is 17.7. The molecule has 0 unspecified atom stereocenters. The van der Waals surface area contributed by atoms with Gasteiger partial charge in [-0.3, -0.25) is 5.41 Å². The SMILES string of the molecule is C=[NH2+].O=C([O-])NSCCCCCCS. The minimum Gasteiger partial charge on any atom is -0.529 e. The summed E-state index contributed by atoms with van der Waals surface area (Å²) in [4.78, 5) is 9.88. The van der Waals surface area contributed by atoms with Crippen LogP contribution in [-0.2, 0) is 0 Å². The summed E-state index contributed by atoms with van der Waals surface area (Å²) in [5.74, 6) is 1.75. The van der Waals surface area contributed by atoms with Crippen LogP contribution in [0.4, 0.5) is 4.79 Å². The van der Waals surface area contributed by atoms with Crippen LogP contribution >= 0.6 is 24.6 Å². The Bertz CT molecular complexity index is 137. The molecule has 3 N–H and O–H groups in total. The zero-order valence-corrected chi connectivity index (χ0v) is 9.91. The molecule has 0 heterocycles. The van der Waals surface area contributed by atoms with E-state index in [0.29, 0.717) is 0 Å². The molecule has 0 aromatic heterocycles. The second kappa shape index (κ2) is 15.1. The summed E-state index contributed by atoms with van der Waals surface area (Å²) in [6.45, 7) is 2.75. The van der Waals surface area contributed by atoms with E-state index >= 15 is 0 Å². The first-order chi connectivity index (χ1) is 6.77.